The van der Waals surface area contributed by atoms with Gasteiger partial charge in [-0.1, -0.05) is 35.5 Å². The second-order valence-electron chi connectivity index (χ2n) is 5.58. The van der Waals surface area contributed by atoms with E-state index in [9.17, 15) is 4.79 Å². The van der Waals surface area contributed by atoms with E-state index in [1.165, 1.54) is 11.8 Å². The Morgan fingerprint density at radius 3 is 2.81 bits per heavy atom. The third kappa shape index (κ3) is 4.81. The van der Waals surface area contributed by atoms with Crippen molar-refractivity contribution >= 4 is 51.7 Å². The molecular formula is C19H19ClN4O2S. The van der Waals surface area contributed by atoms with Gasteiger partial charge in [-0.2, -0.15) is 0 Å². The van der Waals surface area contributed by atoms with E-state index >= 15 is 0 Å². The number of carbonyl (C=O) groups is 1. The number of benzene rings is 2. The van der Waals surface area contributed by atoms with Crippen molar-refractivity contribution < 1.29 is 9.53 Å². The molecule has 0 spiro atoms. The summed E-state index contributed by atoms with van der Waals surface area (Å²) in [6.45, 7) is 2.76. The van der Waals surface area contributed by atoms with E-state index < -0.39 is 0 Å². The number of methoxy groups -OCH3 is 1. The van der Waals surface area contributed by atoms with Gasteiger partial charge >= 0.3 is 0 Å². The van der Waals surface area contributed by atoms with Gasteiger partial charge in [-0.05, 0) is 37.3 Å². The van der Waals surface area contributed by atoms with Gasteiger partial charge in [0, 0.05) is 17.0 Å². The summed E-state index contributed by atoms with van der Waals surface area (Å²) in [5, 5.41) is 8.07. The highest BCUT2D eigenvalue weighted by Gasteiger charge is 2.12. The first-order valence-corrected chi connectivity index (χ1v) is 9.74. The number of fused-ring (bicyclic) bond motifs is 1. The maximum absolute atomic E-state index is 12.3. The fraction of sp³-hybridized carbons (Fsp3) is 0.211. The number of hydrogen-bond acceptors (Lipinski definition) is 6. The predicted octanol–water partition coefficient (Wildman–Crippen LogP) is 4.45. The molecule has 1 amide bonds. The monoisotopic (exact) mass is 402 g/mol. The number of nitrogens with one attached hydrogen (secondary N) is 2. The van der Waals surface area contributed by atoms with Crippen molar-refractivity contribution in [1.82, 2.24) is 9.97 Å². The summed E-state index contributed by atoms with van der Waals surface area (Å²) in [5.41, 5.74) is 1.37. The summed E-state index contributed by atoms with van der Waals surface area (Å²) >= 11 is 7.27. The zero-order valence-corrected chi connectivity index (χ0v) is 16.5. The van der Waals surface area contributed by atoms with Crippen LogP contribution >= 0.6 is 23.4 Å². The first kappa shape index (κ1) is 19.3. The highest BCUT2D eigenvalue weighted by molar-refractivity contribution is 7.99. The average molecular weight is 403 g/mol. The Morgan fingerprint density at radius 2 is 2.04 bits per heavy atom. The lowest BCUT2D eigenvalue weighted by molar-refractivity contribution is -0.113. The number of nitrogens with zero attached hydrogens (tertiary/aromatic N) is 2. The molecule has 0 aliphatic carbocycles. The van der Waals surface area contributed by atoms with Gasteiger partial charge in [0.2, 0.25) is 5.91 Å². The third-order valence-electron chi connectivity index (χ3n) is 3.69. The highest BCUT2D eigenvalue weighted by atomic mass is 35.5. The normalized spacial score (nSPS) is 10.6. The van der Waals surface area contributed by atoms with E-state index in [4.69, 9.17) is 16.3 Å². The molecule has 3 aromatic rings. The molecule has 0 unspecified atom stereocenters. The van der Waals surface area contributed by atoms with Gasteiger partial charge in [-0.25, -0.2) is 9.97 Å². The van der Waals surface area contributed by atoms with E-state index in [1.807, 2.05) is 31.2 Å². The molecule has 2 aromatic carbocycles. The topological polar surface area (TPSA) is 76.1 Å². The van der Waals surface area contributed by atoms with E-state index in [0.717, 1.165) is 23.3 Å². The molecule has 0 saturated heterocycles. The number of anilines is 2. The SMILES string of the molecule is CCNc1nc(SCC(=O)Nc2cc(Cl)ccc2OC)nc2ccccc12. The molecule has 0 saturated carbocycles. The van der Waals surface area contributed by atoms with Crippen molar-refractivity contribution in [2.24, 2.45) is 0 Å². The van der Waals surface area contributed by atoms with Crippen LogP contribution < -0.4 is 15.4 Å². The van der Waals surface area contributed by atoms with E-state index in [1.54, 1.807) is 25.3 Å². The lowest BCUT2D eigenvalue weighted by atomic mass is 10.2. The number of ether oxygens (including phenoxy) is 1. The van der Waals surface area contributed by atoms with Gasteiger partial charge in [0.15, 0.2) is 5.16 Å². The van der Waals surface area contributed by atoms with Crippen LogP contribution in [0, 0.1) is 0 Å². The van der Waals surface area contributed by atoms with Crippen LogP contribution in [0.3, 0.4) is 0 Å². The van der Waals surface area contributed by atoms with Crippen LogP contribution in [0.4, 0.5) is 11.5 Å². The number of para-hydroxylation sites is 1. The van der Waals surface area contributed by atoms with Crippen molar-refractivity contribution in [3.8, 4) is 5.75 Å². The van der Waals surface area contributed by atoms with E-state index in [-0.39, 0.29) is 11.7 Å². The minimum absolute atomic E-state index is 0.166. The average Bonchev–Trinajstić information content (AvgIpc) is 2.67. The molecule has 0 atom stereocenters. The Balaban J connectivity index is 1.73. The van der Waals surface area contributed by atoms with Crippen LogP contribution in [-0.4, -0.2) is 35.3 Å². The minimum atomic E-state index is -0.192. The molecule has 6 nitrogen and oxygen atoms in total. The summed E-state index contributed by atoms with van der Waals surface area (Å²) in [6, 6.07) is 12.8. The van der Waals surface area contributed by atoms with Crippen molar-refractivity contribution in [2.75, 3.05) is 30.0 Å². The fourth-order valence-electron chi connectivity index (χ4n) is 2.52. The molecule has 0 bridgehead atoms. The molecule has 2 N–H and O–H groups in total. The largest absolute Gasteiger partial charge is 0.495 e. The molecule has 140 valence electrons. The molecule has 1 heterocycles. The van der Waals surface area contributed by atoms with Crippen molar-refractivity contribution in [3.63, 3.8) is 0 Å². The zero-order chi connectivity index (χ0) is 19.2. The van der Waals surface area contributed by atoms with Crippen LogP contribution in [0.15, 0.2) is 47.6 Å². The zero-order valence-electron chi connectivity index (χ0n) is 15.0. The van der Waals surface area contributed by atoms with Crippen molar-refractivity contribution in [3.05, 3.63) is 47.5 Å². The van der Waals surface area contributed by atoms with Gasteiger partial charge in [0.1, 0.15) is 11.6 Å². The number of rotatable bonds is 7. The summed E-state index contributed by atoms with van der Waals surface area (Å²) < 4.78 is 5.24. The summed E-state index contributed by atoms with van der Waals surface area (Å²) in [4.78, 5) is 21.4. The fourth-order valence-corrected chi connectivity index (χ4v) is 3.34. The van der Waals surface area contributed by atoms with Gasteiger partial charge in [0.25, 0.3) is 0 Å². The van der Waals surface area contributed by atoms with Crippen LogP contribution in [0.25, 0.3) is 10.9 Å². The van der Waals surface area contributed by atoms with Gasteiger partial charge in [-0.3, -0.25) is 4.79 Å². The molecule has 1 aromatic heterocycles. The Morgan fingerprint density at radius 1 is 1.22 bits per heavy atom. The van der Waals surface area contributed by atoms with Gasteiger partial charge in [0.05, 0.1) is 24.1 Å². The minimum Gasteiger partial charge on any atom is -0.495 e. The Labute approximate surface area is 166 Å². The number of hydrogen-bond donors (Lipinski definition) is 2. The van der Waals surface area contributed by atoms with E-state index in [2.05, 4.69) is 20.6 Å². The van der Waals surface area contributed by atoms with Crippen LogP contribution in [0.1, 0.15) is 6.92 Å². The lowest BCUT2D eigenvalue weighted by Gasteiger charge is -2.11. The van der Waals surface area contributed by atoms with Crippen LogP contribution in [0.2, 0.25) is 5.02 Å². The Kier molecular flexibility index (Phi) is 6.36. The summed E-state index contributed by atoms with van der Waals surface area (Å²) in [6.07, 6.45) is 0. The number of amides is 1. The molecule has 8 heteroatoms. The molecule has 0 aliphatic rings. The predicted molar refractivity (Wildman–Crippen MR) is 111 cm³/mol. The molecule has 0 radical (unpaired) electrons. The number of carbonyl (C=O) groups excluding carboxylic acids is 1. The molecule has 27 heavy (non-hydrogen) atoms. The number of halogens is 1. The third-order valence-corrected chi connectivity index (χ3v) is 4.78. The van der Waals surface area contributed by atoms with Gasteiger partial charge < -0.3 is 15.4 Å². The number of thioether (sulfide) groups is 1. The Hall–Kier alpha value is -2.51. The second-order valence-corrected chi connectivity index (χ2v) is 6.96. The standard InChI is InChI=1S/C19H19ClN4O2S/c1-3-21-18-13-6-4-5-7-14(13)23-19(24-18)27-11-17(25)22-15-10-12(20)8-9-16(15)26-2/h4-10H,3,11H2,1-2H3,(H,22,25)(H,21,23,24). The quantitative estimate of drug-likeness (QED) is 0.449. The summed E-state index contributed by atoms with van der Waals surface area (Å²) in [5.74, 6) is 1.29. The van der Waals surface area contributed by atoms with Crippen molar-refractivity contribution in [1.29, 1.82) is 0 Å². The lowest BCUT2D eigenvalue weighted by Crippen LogP contribution is -2.15. The molecular weight excluding hydrogens is 384 g/mol. The van der Waals surface area contributed by atoms with Crippen LogP contribution in [-0.2, 0) is 4.79 Å². The first-order chi connectivity index (χ1) is 13.1. The Bertz CT molecular complexity index is 968. The molecule has 3 rings (SSSR count). The highest BCUT2D eigenvalue weighted by Crippen LogP contribution is 2.28. The van der Waals surface area contributed by atoms with Gasteiger partial charge in [-0.15, -0.1) is 0 Å². The van der Waals surface area contributed by atoms with E-state index in [0.29, 0.717) is 21.6 Å². The number of aromatic nitrogens is 2. The maximum Gasteiger partial charge on any atom is 0.234 e. The van der Waals surface area contributed by atoms with Crippen molar-refractivity contribution in [2.45, 2.75) is 12.1 Å². The molecule has 0 fully saturated rings. The van der Waals surface area contributed by atoms with Crippen LogP contribution in [0.5, 0.6) is 5.75 Å². The molecule has 0 aliphatic heterocycles. The maximum atomic E-state index is 12.3. The smallest absolute Gasteiger partial charge is 0.234 e. The second kappa shape index (κ2) is 8.92. The summed E-state index contributed by atoms with van der Waals surface area (Å²) in [7, 11) is 1.54. The first-order valence-electron chi connectivity index (χ1n) is 8.37.